The second-order valence-electron chi connectivity index (χ2n) is 7.14. The third-order valence-electron chi connectivity index (χ3n) is 4.82. The van der Waals surface area contributed by atoms with Crippen molar-refractivity contribution in [3.05, 3.63) is 99.1 Å². The van der Waals surface area contributed by atoms with Crippen LogP contribution in [0.4, 0.5) is 17.1 Å². The highest BCUT2D eigenvalue weighted by atomic mass is 79.9. The summed E-state index contributed by atoms with van der Waals surface area (Å²) in [7, 11) is 0. The van der Waals surface area contributed by atoms with Crippen LogP contribution in [-0.2, 0) is 9.59 Å². The standard InChI is InChI=1S/C24H17BrClN3O3/c1-14-5-11-19(12-6-14)29-23(31)20(26)21(24(29)32)27-18-4-2-3-15(13-18)22(30)28-17-9-7-16(25)8-10-17/h2-13,27H,1H3,(H,28,30). The van der Waals surface area contributed by atoms with Crippen LogP contribution < -0.4 is 15.5 Å². The number of nitrogens with one attached hydrogen (secondary N) is 2. The van der Waals surface area contributed by atoms with Crippen molar-refractivity contribution in [1.29, 1.82) is 0 Å². The fourth-order valence-electron chi connectivity index (χ4n) is 3.16. The number of carbonyl (C=O) groups is 3. The Hall–Kier alpha value is -3.42. The molecule has 3 amide bonds. The largest absolute Gasteiger partial charge is 0.350 e. The normalized spacial score (nSPS) is 13.5. The molecule has 0 aromatic heterocycles. The van der Waals surface area contributed by atoms with Gasteiger partial charge in [0.1, 0.15) is 10.7 Å². The molecule has 0 atom stereocenters. The van der Waals surface area contributed by atoms with E-state index < -0.39 is 11.8 Å². The molecule has 1 aliphatic heterocycles. The molecule has 0 radical (unpaired) electrons. The quantitative estimate of drug-likeness (QED) is 0.448. The Labute approximate surface area is 198 Å². The molecule has 32 heavy (non-hydrogen) atoms. The van der Waals surface area contributed by atoms with E-state index in [0.29, 0.717) is 22.6 Å². The Balaban J connectivity index is 1.53. The lowest BCUT2D eigenvalue weighted by Gasteiger charge is -2.15. The maximum Gasteiger partial charge on any atom is 0.283 e. The van der Waals surface area contributed by atoms with E-state index in [1.807, 2.05) is 31.2 Å². The van der Waals surface area contributed by atoms with Crippen LogP contribution in [0.2, 0.25) is 0 Å². The predicted octanol–water partition coefficient (Wildman–Crippen LogP) is 5.45. The summed E-state index contributed by atoms with van der Waals surface area (Å²) in [4.78, 5) is 39.2. The van der Waals surface area contributed by atoms with Crippen LogP contribution in [-0.4, -0.2) is 17.7 Å². The summed E-state index contributed by atoms with van der Waals surface area (Å²) in [5.41, 5.74) is 2.87. The fraction of sp³-hybridized carbons (Fsp3) is 0.0417. The van der Waals surface area contributed by atoms with E-state index in [0.717, 1.165) is 14.9 Å². The van der Waals surface area contributed by atoms with Crippen molar-refractivity contribution >= 4 is 62.3 Å². The smallest absolute Gasteiger partial charge is 0.283 e. The van der Waals surface area contributed by atoms with Gasteiger partial charge in [-0.05, 0) is 61.5 Å². The average Bonchev–Trinajstić information content (AvgIpc) is 2.99. The van der Waals surface area contributed by atoms with Crippen LogP contribution in [0.25, 0.3) is 0 Å². The van der Waals surface area contributed by atoms with Gasteiger partial charge in [0.25, 0.3) is 17.7 Å². The van der Waals surface area contributed by atoms with Gasteiger partial charge in [-0.25, -0.2) is 4.90 Å². The lowest BCUT2D eigenvalue weighted by atomic mass is 10.1. The highest BCUT2D eigenvalue weighted by molar-refractivity contribution is 9.10. The van der Waals surface area contributed by atoms with Crippen molar-refractivity contribution in [2.24, 2.45) is 0 Å². The minimum atomic E-state index is -0.604. The fourth-order valence-corrected chi connectivity index (χ4v) is 3.64. The van der Waals surface area contributed by atoms with E-state index in [1.165, 1.54) is 0 Å². The van der Waals surface area contributed by atoms with Crippen LogP contribution in [0.5, 0.6) is 0 Å². The predicted molar refractivity (Wildman–Crippen MR) is 129 cm³/mol. The maximum atomic E-state index is 12.9. The number of nitrogens with zero attached hydrogens (tertiary/aromatic N) is 1. The first-order valence-electron chi connectivity index (χ1n) is 9.63. The molecule has 2 N–H and O–H groups in total. The van der Waals surface area contributed by atoms with Crippen molar-refractivity contribution in [2.75, 3.05) is 15.5 Å². The Bertz CT molecular complexity index is 1250. The molecule has 0 aliphatic carbocycles. The molecule has 6 nitrogen and oxygen atoms in total. The van der Waals surface area contributed by atoms with Gasteiger partial charge in [-0.2, -0.15) is 0 Å². The Morgan fingerprint density at radius 3 is 2.28 bits per heavy atom. The van der Waals surface area contributed by atoms with Gasteiger partial charge < -0.3 is 10.6 Å². The Kier molecular flexibility index (Phi) is 6.12. The molecular weight excluding hydrogens is 494 g/mol. The third kappa shape index (κ3) is 4.44. The summed E-state index contributed by atoms with van der Waals surface area (Å²) in [6.07, 6.45) is 0. The first kappa shape index (κ1) is 21.8. The Morgan fingerprint density at radius 2 is 1.59 bits per heavy atom. The molecule has 3 aromatic carbocycles. The zero-order valence-corrected chi connectivity index (χ0v) is 19.2. The lowest BCUT2D eigenvalue weighted by Crippen LogP contribution is -2.32. The average molecular weight is 511 g/mol. The summed E-state index contributed by atoms with van der Waals surface area (Å²) >= 11 is 9.55. The number of hydrogen-bond acceptors (Lipinski definition) is 4. The van der Waals surface area contributed by atoms with Crippen LogP contribution in [0.15, 0.2) is 88.0 Å². The van der Waals surface area contributed by atoms with E-state index in [-0.39, 0.29) is 16.6 Å². The molecule has 4 rings (SSSR count). The molecule has 0 spiro atoms. The monoisotopic (exact) mass is 509 g/mol. The minimum Gasteiger partial charge on any atom is -0.350 e. The molecule has 0 unspecified atom stereocenters. The van der Waals surface area contributed by atoms with Crippen molar-refractivity contribution in [1.82, 2.24) is 0 Å². The topological polar surface area (TPSA) is 78.5 Å². The number of amides is 3. The first-order chi connectivity index (χ1) is 15.3. The van der Waals surface area contributed by atoms with Crippen molar-refractivity contribution in [3.63, 3.8) is 0 Å². The van der Waals surface area contributed by atoms with Gasteiger partial charge in [0.2, 0.25) is 0 Å². The van der Waals surface area contributed by atoms with Crippen molar-refractivity contribution in [3.8, 4) is 0 Å². The van der Waals surface area contributed by atoms with Gasteiger partial charge in [0.05, 0.1) is 5.69 Å². The van der Waals surface area contributed by atoms with Crippen LogP contribution in [0, 0.1) is 6.92 Å². The summed E-state index contributed by atoms with van der Waals surface area (Å²) < 4.78 is 0.905. The second-order valence-corrected chi connectivity index (χ2v) is 8.43. The number of aryl methyl sites for hydroxylation is 1. The number of carbonyl (C=O) groups excluding carboxylic acids is 3. The molecule has 0 saturated carbocycles. The molecule has 1 aliphatic rings. The molecule has 8 heteroatoms. The van der Waals surface area contributed by atoms with Gasteiger partial charge in [0, 0.05) is 21.4 Å². The van der Waals surface area contributed by atoms with Gasteiger partial charge in [0.15, 0.2) is 0 Å². The molecule has 0 fully saturated rings. The molecule has 0 saturated heterocycles. The van der Waals surface area contributed by atoms with Gasteiger partial charge >= 0.3 is 0 Å². The van der Waals surface area contributed by atoms with Crippen molar-refractivity contribution < 1.29 is 14.4 Å². The summed E-state index contributed by atoms with van der Waals surface area (Å²) in [6.45, 7) is 1.91. The van der Waals surface area contributed by atoms with E-state index in [1.54, 1.807) is 48.5 Å². The molecular formula is C24H17BrClN3O3. The van der Waals surface area contributed by atoms with E-state index in [4.69, 9.17) is 11.6 Å². The van der Waals surface area contributed by atoms with Gasteiger partial charge in [-0.15, -0.1) is 0 Å². The first-order valence-corrected chi connectivity index (χ1v) is 10.8. The Morgan fingerprint density at radius 1 is 0.906 bits per heavy atom. The summed E-state index contributed by atoms with van der Waals surface area (Å²) in [6, 6.07) is 20.8. The molecule has 1 heterocycles. The molecule has 0 bridgehead atoms. The summed E-state index contributed by atoms with van der Waals surface area (Å²) in [5.74, 6) is -1.48. The van der Waals surface area contributed by atoms with E-state index in [2.05, 4.69) is 26.6 Å². The van der Waals surface area contributed by atoms with E-state index >= 15 is 0 Å². The lowest BCUT2D eigenvalue weighted by molar-refractivity contribution is -0.120. The van der Waals surface area contributed by atoms with Crippen LogP contribution >= 0.6 is 27.5 Å². The SMILES string of the molecule is Cc1ccc(N2C(=O)C(Cl)=C(Nc3cccc(C(=O)Nc4ccc(Br)cc4)c3)C2=O)cc1. The number of rotatable bonds is 5. The minimum absolute atomic E-state index is 0.0392. The number of anilines is 3. The van der Waals surface area contributed by atoms with Gasteiger partial charge in [-0.3, -0.25) is 14.4 Å². The van der Waals surface area contributed by atoms with Crippen LogP contribution in [0.1, 0.15) is 15.9 Å². The molecule has 160 valence electrons. The maximum absolute atomic E-state index is 12.9. The van der Waals surface area contributed by atoms with E-state index in [9.17, 15) is 14.4 Å². The second kappa shape index (κ2) is 8.98. The highest BCUT2D eigenvalue weighted by Gasteiger charge is 2.38. The number of hydrogen-bond donors (Lipinski definition) is 2. The zero-order chi connectivity index (χ0) is 22.8. The number of imide groups is 1. The van der Waals surface area contributed by atoms with Crippen molar-refractivity contribution in [2.45, 2.75) is 6.92 Å². The number of halogens is 2. The summed E-state index contributed by atoms with van der Waals surface area (Å²) in [5, 5.41) is 5.50. The zero-order valence-electron chi connectivity index (χ0n) is 16.9. The number of benzene rings is 3. The molecule has 3 aromatic rings. The highest BCUT2D eigenvalue weighted by Crippen LogP contribution is 2.30. The van der Waals surface area contributed by atoms with Gasteiger partial charge in [-0.1, -0.05) is 51.3 Å². The van der Waals surface area contributed by atoms with Crippen LogP contribution in [0.3, 0.4) is 0 Å². The third-order valence-corrected chi connectivity index (χ3v) is 5.69.